The molecule has 0 aromatic rings. The second-order valence-corrected chi connectivity index (χ2v) is 20.6. The van der Waals surface area contributed by atoms with Crippen molar-refractivity contribution < 1.29 is 28.6 Å². The van der Waals surface area contributed by atoms with Crippen LogP contribution in [0.4, 0.5) is 0 Å². The monoisotopic (exact) mass is 1080 g/mol. The van der Waals surface area contributed by atoms with Crippen LogP contribution in [-0.2, 0) is 28.6 Å². The van der Waals surface area contributed by atoms with E-state index in [9.17, 15) is 14.4 Å². The van der Waals surface area contributed by atoms with Crippen molar-refractivity contribution in [2.75, 3.05) is 13.2 Å². The third kappa shape index (κ3) is 62.1. The van der Waals surface area contributed by atoms with Crippen LogP contribution in [0.15, 0.2) is 146 Å². The molecule has 0 aliphatic rings. The largest absolute Gasteiger partial charge is 0.462 e. The maximum atomic E-state index is 12.8. The molecule has 0 heterocycles. The van der Waals surface area contributed by atoms with Crippen molar-refractivity contribution in [3.63, 3.8) is 0 Å². The fraction of sp³-hybridized carbons (Fsp3) is 0.625. The zero-order chi connectivity index (χ0) is 56.4. The maximum Gasteiger partial charge on any atom is 0.306 e. The van der Waals surface area contributed by atoms with Crippen molar-refractivity contribution in [2.24, 2.45) is 0 Å². The average Bonchev–Trinajstić information content (AvgIpc) is 3.44. The number of esters is 3. The van der Waals surface area contributed by atoms with Crippen LogP contribution >= 0.6 is 0 Å². The predicted molar refractivity (Wildman–Crippen MR) is 339 cm³/mol. The van der Waals surface area contributed by atoms with Gasteiger partial charge in [0.2, 0.25) is 0 Å². The molecule has 0 radical (unpaired) electrons. The van der Waals surface area contributed by atoms with Crippen molar-refractivity contribution in [2.45, 2.75) is 277 Å². The van der Waals surface area contributed by atoms with Gasteiger partial charge in [-0.1, -0.05) is 276 Å². The third-order valence-corrected chi connectivity index (χ3v) is 13.1. The summed E-state index contributed by atoms with van der Waals surface area (Å²) in [5.41, 5.74) is 0. The van der Waals surface area contributed by atoms with Gasteiger partial charge >= 0.3 is 17.9 Å². The standard InChI is InChI=1S/C72H116O6/c1-4-7-10-13-16-18-20-22-24-26-28-30-32-33-34-35-36-37-38-39-41-42-44-46-48-50-52-54-56-59-62-65-71(74)77-68-69(67-76-70(73)64-61-58-15-12-9-6-3)78-72(75)66-63-60-57-55-53-51-49-47-45-43-40-31-29-27-25-23-21-19-17-14-11-8-5-2/h7-8,10-11,16-19,22-25,28-31,33-34,36-37,43,45,49,51,69H,4-6,9,12-15,20-21,26-27,32,35,38-42,44,46-48,50,52-68H2,1-3H3/b10-7-,11-8-,18-16-,19-17-,24-22-,25-23-,30-28-,31-29-,34-33-,37-36-,45-43-,51-49-. The normalized spacial score (nSPS) is 13.1. The summed E-state index contributed by atoms with van der Waals surface area (Å²) in [6.45, 7) is 6.33. The molecule has 1 unspecified atom stereocenters. The molecule has 78 heavy (non-hydrogen) atoms. The van der Waals surface area contributed by atoms with Crippen molar-refractivity contribution >= 4 is 17.9 Å². The van der Waals surface area contributed by atoms with E-state index in [1.165, 1.54) is 83.5 Å². The Balaban J connectivity index is 4.15. The van der Waals surface area contributed by atoms with Crippen LogP contribution in [0.1, 0.15) is 271 Å². The van der Waals surface area contributed by atoms with Crippen molar-refractivity contribution in [1.29, 1.82) is 0 Å². The SMILES string of the molecule is CC/C=C\C/C=C\C/C=C\C/C=C\C/C=C\C/C=C\CCCCCCCCCCCCCCC(=O)OCC(COC(=O)CCCCCCCC)OC(=O)CCCCCC/C=C\C/C=C\C/C=C\C/C=C\C/C=C\C/C=C\CC. The summed E-state index contributed by atoms with van der Waals surface area (Å²) in [7, 11) is 0. The molecule has 0 saturated carbocycles. The first-order valence-corrected chi connectivity index (χ1v) is 31.8. The number of hydrogen-bond acceptors (Lipinski definition) is 6. The minimum absolute atomic E-state index is 0.0925. The molecule has 6 nitrogen and oxygen atoms in total. The Hall–Kier alpha value is -4.71. The van der Waals surface area contributed by atoms with Gasteiger partial charge in [0.05, 0.1) is 0 Å². The van der Waals surface area contributed by atoms with E-state index in [2.05, 4.69) is 167 Å². The molecular weight excluding hydrogens is 961 g/mol. The van der Waals surface area contributed by atoms with Gasteiger partial charge in [-0.05, 0) is 122 Å². The lowest BCUT2D eigenvalue weighted by atomic mass is 10.0. The lowest BCUT2D eigenvalue weighted by molar-refractivity contribution is -0.167. The molecule has 0 saturated heterocycles. The van der Waals surface area contributed by atoms with Crippen LogP contribution < -0.4 is 0 Å². The first kappa shape index (κ1) is 73.3. The molecule has 0 rings (SSSR count). The lowest BCUT2D eigenvalue weighted by Gasteiger charge is -2.18. The molecule has 0 fully saturated rings. The Morgan fingerprint density at radius 3 is 0.782 bits per heavy atom. The van der Waals surface area contributed by atoms with Gasteiger partial charge in [-0.25, -0.2) is 0 Å². The first-order chi connectivity index (χ1) is 38.5. The number of allylic oxidation sites excluding steroid dienone is 24. The number of hydrogen-bond donors (Lipinski definition) is 0. The minimum Gasteiger partial charge on any atom is -0.462 e. The smallest absolute Gasteiger partial charge is 0.306 e. The summed E-state index contributed by atoms with van der Waals surface area (Å²) in [4.78, 5) is 38.0. The summed E-state index contributed by atoms with van der Waals surface area (Å²) in [6.07, 6.45) is 93.1. The summed E-state index contributed by atoms with van der Waals surface area (Å²) in [5, 5.41) is 0. The topological polar surface area (TPSA) is 78.9 Å². The van der Waals surface area contributed by atoms with Crippen LogP contribution in [0.3, 0.4) is 0 Å². The molecule has 0 N–H and O–H groups in total. The van der Waals surface area contributed by atoms with Crippen LogP contribution in [0, 0.1) is 0 Å². The Morgan fingerprint density at radius 1 is 0.269 bits per heavy atom. The van der Waals surface area contributed by atoms with Crippen LogP contribution in [0.2, 0.25) is 0 Å². The highest BCUT2D eigenvalue weighted by molar-refractivity contribution is 5.71. The summed E-state index contributed by atoms with van der Waals surface area (Å²) >= 11 is 0. The van der Waals surface area contributed by atoms with E-state index in [4.69, 9.17) is 14.2 Å². The molecule has 0 aromatic carbocycles. The molecule has 0 spiro atoms. The average molecular weight is 1080 g/mol. The summed E-state index contributed by atoms with van der Waals surface area (Å²) in [6, 6.07) is 0. The van der Waals surface area contributed by atoms with Gasteiger partial charge in [0.25, 0.3) is 0 Å². The highest BCUT2D eigenvalue weighted by Gasteiger charge is 2.19. The number of carbonyl (C=O) groups is 3. The predicted octanol–water partition coefficient (Wildman–Crippen LogP) is 21.9. The molecule has 1 atom stereocenters. The number of rotatable bonds is 56. The van der Waals surface area contributed by atoms with E-state index in [1.54, 1.807) is 0 Å². The molecule has 6 heteroatoms. The molecule has 0 bridgehead atoms. The zero-order valence-electron chi connectivity index (χ0n) is 50.4. The van der Waals surface area contributed by atoms with Crippen LogP contribution in [0.25, 0.3) is 0 Å². The second-order valence-electron chi connectivity index (χ2n) is 20.6. The van der Waals surface area contributed by atoms with E-state index in [0.29, 0.717) is 19.3 Å². The third-order valence-electron chi connectivity index (χ3n) is 13.1. The Labute approximate surface area is 480 Å². The van der Waals surface area contributed by atoms with E-state index in [0.717, 1.165) is 148 Å². The lowest BCUT2D eigenvalue weighted by Crippen LogP contribution is -2.30. The molecule has 0 aliphatic heterocycles. The zero-order valence-corrected chi connectivity index (χ0v) is 50.4. The number of unbranched alkanes of at least 4 members (excludes halogenated alkanes) is 21. The van der Waals surface area contributed by atoms with Gasteiger partial charge in [-0.2, -0.15) is 0 Å². The van der Waals surface area contributed by atoms with Gasteiger partial charge in [0.15, 0.2) is 6.10 Å². The van der Waals surface area contributed by atoms with Gasteiger partial charge in [0.1, 0.15) is 13.2 Å². The molecule has 0 aliphatic carbocycles. The Kier molecular flexibility index (Phi) is 60.9. The Morgan fingerprint density at radius 2 is 0.500 bits per heavy atom. The molecular formula is C72H116O6. The van der Waals surface area contributed by atoms with Gasteiger partial charge in [-0.3, -0.25) is 14.4 Å². The Bertz CT molecular complexity index is 1710. The minimum atomic E-state index is -0.795. The van der Waals surface area contributed by atoms with Gasteiger partial charge in [0, 0.05) is 19.3 Å². The summed E-state index contributed by atoms with van der Waals surface area (Å²) in [5.74, 6) is -0.931. The van der Waals surface area contributed by atoms with Gasteiger partial charge in [-0.15, -0.1) is 0 Å². The van der Waals surface area contributed by atoms with Crippen molar-refractivity contribution in [3.8, 4) is 0 Å². The van der Waals surface area contributed by atoms with E-state index < -0.39 is 6.10 Å². The number of carbonyl (C=O) groups excluding carboxylic acids is 3. The van der Waals surface area contributed by atoms with Crippen LogP contribution in [0.5, 0.6) is 0 Å². The van der Waals surface area contributed by atoms with Crippen molar-refractivity contribution in [3.05, 3.63) is 146 Å². The maximum absolute atomic E-state index is 12.8. The molecule has 0 amide bonds. The molecule has 0 aromatic heterocycles. The highest BCUT2D eigenvalue weighted by Crippen LogP contribution is 2.15. The van der Waals surface area contributed by atoms with Crippen LogP contribution in [-0.4, -0.2) is 37.2 Å². The van der Waals surface area contributed by atoms with E-state index in [1.807, 2.05) is 0 Å². The fourth-order valence-corrected chi connectivity index (χ4v) is 8.39. The van der Waals surface area contributed by atoms with Gasteiger partial charge < -0.3 is 14.2 Å². The highest BCUT2D eigenvalue weighted by atomic mass is 16.6. The van der Waals surface area contributed by atoms with Crippen molar-refractivity contribution in [1.82, 2.24) is 0 Å². The fourth-order valence-electron chi connectivity index (χ4n) is 8.39. The molecule has 440 valence electrons. The van der Waals surface area contributed by atoms with E-state index in [-0.39, 0.29) is 31.1 Å². The van der Waals surface area contributed by atoms with E-state index >= 15 is 0 Å². The quantitative estimate of drug-likeness (QED) is 0.0261. The first-order valence-electron chi connectivity index (χ1n) is 31.8. The second kappa shape index (κ2) is 64.8. The summed E-state index contributed by atoms with van der Waals surface area (Å²) < 4.78 is 16.8. The number of ether oxygens (including phenoxy) is 3.